The molecule has 1 saturated heterocycles. The van der Waals surface area contributed by atoms with Crippen LogP contribution in [0.15, 0.2) is 0 Å². The summed E-state index contributed by atoms with van der Waals surface area (Å²) in [6.45, 7) is 8.36. The molecule has 0 radical (unpaired) electrons. The van der Waals surface area contributed by atoms with Gasteiger partial charge in [0.15, 0.2) is 0 Å². The Balaban J connectivity index is 2.70. The van der Waals surface area contributed by atoms with Crippen LogP contribution in [0.2, 0.25) is 0 Å². The Bertz CT molecular complexity index is 250. The lowest BCUT2D eigenvalue weighted by Crippen LogP contribution is -2.60. The highest BCUT2D eigenvalue weighted by molar-refractivity contribution is 5.86. The van der Waals surface area contributed by atoms with Crippen molar-refractivity contribution in [3.05, 3.63) is 0 Å². The Labute approximate surface area is 105 Å². The average molecular weight is 242 g/mol. The van der Waals surface area contributed by atoms with Gasteiger partial charge in [0.05, 0.1) is 18.2 Å². The van der Waals surface area contributed by atoms with Gasteiger partial charge in [0, 0.05) is 13.7 Å². The van der Waals surface area contributed by atoms with Crippen molar-refractivity contribution in [3.63, 3.8) is 0 Å². The fraction of sp³-hybridized carbons (Fsp3) is 0.923. The van der Waals surface area contributed by atoms with Gasteiger partial charge in [-0.3, -0.25) is 4.79 Å². The molecule has 0 aliphatic carbocycles. The molecule has 4 nitrogen and oxygen atoms in total. The third-order valence-corrected chi connectivity index (χ3v) is 3.63. The summed E-state index contributed by atoms with van der Waals surface area (Å²) in [5.41, 5.74) is -0.379. The first kappa shape index (κ1) is 14.5. The van der Waals surface area contributed by atoms with Crippen LogP contribution in [0, 0.1) is 0 Å². The lowest BCUT2D eigenvalue weighted by molar-refractivity contribution is -0.141. The highest BCUT2D eigenvalue weighted by Gasteiger charge is 2.38. The third-order valence-electron chi connectivity index (χ3n) is 3.63. The molecular weight excluding hydrogens is 216 g/mol. The van der Waals surface area contributed by atoms with Crippen molar-refractivity contribution in [2.45, 2.75) is 51.6 Å². The van der Waals surface area contributed by atoms with Crippen molar-refractivity contribution in [2.24, 2.45) is 0 Å². The van der Waals surface area contributed by atoms with Gasteiger partial charge < -0.3 is 15.0 Å². The quantitative estimate of drug-likeness (QED) is 0.792. The Morgan fingerprint density at radius 1 is 1.53 bits per heavy atom. The van der Waals surface area contributed by atoms with Gasteiger partial charge in [0.25, 0.3) is 0 Å². The Morgan fingerprint density at radius 3 is 2.71 bits per heavy atom. The van der Waals surface area contributed by atoms with E-state index in [1.54, 1.807) is 7.11 Å². The zero-order valence-corrected chi connectivity index (χ0v) is 11.6. The molecule has 100 valence electrons. The van der Waals surface area contributed by atoms with Crippen molar-refractivity contribution in [1.82, 2.24) is 10.2 Å². The van der Waals surface area contributed by atoms with E-state index in [0.29, 0.717) is 6.61 Å². The average Bonchev–Trinajstić information content (AvgIpc) is 2.31. The molecule has 1 amide bonds. The van der Waals surface area contributed by atoms with Gasteiger partial charge in [-0.05, 0) is 46.6 Å². The second kappa shape index (κ2) is 6.36. The molecular formula is C13H26N2O2. The van der Waals surface area contributed by atoms with Crippen molar-refractivity contribution < 1.29 is 9.53 Å². The number of nitrogens with one attached hydrogen (secondary N) is 1. The number of methoxy groups -OCH3 is 1. The van der Waals surface area contributed by atoms with Crippen molar-refractivity contribution in [2.75, 3.05) is 26.8 Å². The van der Waals surface area contributed by atoms with Crippen LogP contribution in [0.5, 0.6) is 0 Å². The van der Waals surface area contributed by atoms with E-state index >= 15 is 0 Å². The molecule has 0 saturated carbocycles. The number of amides is 1. The summed E-state index contributed by atoms with van der Waals surface area (Å²) < 4.78 is 5.14. The predicted molar refractivity (Wildman–Crippen MR) is 69.0 cm³/mol. The minimum atomic E-state index is -0.379. The Kier molecular flexibility index (Phi) is 5.40. The molecule has 0 aromatic carbocycles. The maximum atomic E-state index is 12.6. The van der Waals surface area contributed by atoms with Gasteiger partial charge in [-0.25, -0.2) is 0 Å². The second-order valence-electron chi connectivity index (χ2n) is 5.11. The number of rotatable bonds is 5. The maximum absolute atomic E-state index is 12.6. The Hall–Kier alpha value is -0.610. The lowest BCUT2D eigenvalue weighted by atomic mass is 9.89. The summed E-state index contributed by atoms with van der Waals surface area (Å²) in [4.78, 5) is 14.5. The molecule has 0 spiro atoms. The zero-order chi connectivity index (χ0) is 12.9. The molecule has 1 rings (SSSR count). The normalized spacial score (nSPS) is 26.6. The van der Waals surface area contributed by atoms with Crippen molar-refractivity contribution in [1.29, 1.82) is 0 Å². The van der Waals surface area contributed by atoms with E-state index in [1.807, 2.05) is 25.7 Å². The first-order valence-electron chi connectivity index (χ1n) is 6.60. The monoisotopic (exact) mass is 242 g/mol. The summed E-state index contributed by atoms with van der Waals surface area (Å²) >= 11 is 0. The molecule has 4 heteroatoms. The minimum Gasteiger partial charge on any atom is -0.383 e. The topological polar surface area (TPSA) is 41.6 Å². The van der Waals surface area contributed by atoms with E-state index in [4.69, 9.17) is 4.74 Å². The number of likely N-dealkylation sites (N-methyl/N-ethyl adjacent to an activating group) is 1. The first-order valence-corrected chi connectivity index (χ1v) is 6.60. The molecule has 1 fully saturated rings. The molecule has 0 aromatic heterocycles. The molecule has 1 aliphatic rings. The standard InChI is InChI=1S/C13H26N2O2/c1-5-15(11(2)10-17-4)12(16)13(3)8-6-7-9-14-13/h11,14H,5-10H2,1-4H3. The van der Waals surface area contributed by atoms with Crippen LogP contribution >= 0.6 is 0 Å². The largest absolute Gasteiger partial charge is 0.383 e. The highest BCUT2D eigenvalue weighted by Crippen LogP contribution is 2.22. The smallest absolute Gasteiger partial charge is 0.242 e. The van der Waals surface area contributed by atoms with Crippen LogP contribution in [0.3, 0.4) is 0 Å². The van der Waals surface area contributed by atoms with Gasteiger partial charge in [-0.15, -0.1) is 0 Å². The SMILES string of the molecule is CCN(C(=O)C1(C)CCCCN1)C(C)COC. The highest BCUT2D eigenvalue weighted by atomic mass is 16.5. The molecule has 0 aromatic rings. The zero-order valence-electron chi connectivity index (χ0n) is 11.6. The number of nitrogens with zero attached hydrogens (tertiary/aromatic N) is 1. The summed E-state index contributed by atoms with van der Waals surface area (Å²) in [5, 5.41) is 3.37. The summed E-state index contributed by atoms with van der Waals surface area (Å²) in [6.07, 6.45) is 3.23. The van der Waals surface area contributed by atoms with Gasteiger partial charge in [-0.1, -0.05) is 0 Å². The second-order valence-corrected chi connectivity index (χ2v) is 5.11. The van der Waals surface area contributed by atoms with E-state index in [-0.39, 0.29) is 17.5 Å². The molecule has 1 heterocycles. The van der Waals surface area contributed by atoms with Gasteiger partial charge >= 0.3 is 0 Å². The molecule has 1 aliphatic heterocycles. The number of ether oxygens (including phenoxy) is 1. The fourth-order valence-corrected chi connectivity index (χ4v) is 2.54. The number of carbonyl (C=O) groups is 1. The van der Waals surface area contributed by atoms with Crippen molar-refractivity contribution >= 4 is 5.91 Å². The van der Waals surface area contributed by atoms with Crippen LogP contribution < -0.4 is 5.32 Å². The number of piperidine rings is 1. The van der Waals surface area contributed by atoms with Gasteiger partial charge in [0.2, 0.25) is 5.91 Å². The fourth-order valence-electron chi connectivity index (χ4n) is 2.54. The van der Waals surface area contributed by atoms with E-state index in [9.17, 15) is 4.79 Å². The van der Waals surface area contributed by atoms with E-state index in [1.165, 1.54) is 6.42 Å². The van der Waals surface area contributed by atoms with E-state index < -0.39 is 0 Å². The summed E-state index contributed by atoms with van der Waals surface area (Å²) in [5.74, 6) is 0.212. The third kappa shape index (κ3) is 3.42. The van der Waals surface area contributed by atoms with Gasteiger partial charge in [0.1, 0.15) is 0 Å². The van der Waals surface area contributed by atoms with Gasteiger partial charge in [-0.2, -0.15) is 0 Å². The minimum absolute atomic E-state index is 0.137. The van der Waals surface area contributed by atoms with Crippen LogP contribution in [-0.4, -0.2) is 49.2 Å². The number of carbonyl (C=O) groups excluding carboxylic acids is 1. The maximum Gasteiger partial charge on any atom is 0.242 e. The van der Waals surface area contributed by atoms with Crippen LogP contribution in [0.4, 0.5) is 0 Å². The lowest BCUT2D eigenvalue weighted by Gasteiger charge is -2.39. The molecule has 1 N–H and O–H groups in total. The summed E-state index contributed by atoms with van der Waals surface area (Å²) in [6, 6.07) is 0.137. The number of hydrogen-bond donors (Lipinski definition) is 1. The molecule has 17 heavy (non-hydrogen) atoms. The van der Waals surface area contributed by atoms with Crippen molar-refractivity contribution in [3.8, 4) is 0 Å². The van der Waals surface area contributed by atoms with E-state index in [2.05, 4.69) is 5.32 Å². The Morgan fingerprint density at radius 2 is 2.24 bits per heavy atom. The van der Waals surface area contributed by atoms with E-state index in [0.717, 1.165) is 25.9 Å². The molecule has 0 bridgehead atoms. The predicted octanol–water partition coefficient (Wildman–Crippen LogP) is 1.40. The summed E-state index contributed by atoms with van der Waals surface area (Å²) in [7, 11) is 1.68. The number of hydrogen-bond acceptors (Lipinski definition) is 3. The molecule has 2 atom stereocenters. The first-order chi connectivity index (χ1) is 8.05. The van der Waals surface area contributed by atoms with Crippen LogP contribution in [-0.2, 0) is 9.53 Å². The molecule has 2 unspecified atom stereocenters. The van der Waals surface area contributed by atoms with Crippen LogP contribution in [0.1, 0.15) is 40.0 Å². The van der Waals surface area contributed by atoms with Crippen LogP contribution in [0.25, 0.3) is 0 Å².